The van der Waals surface area contributed by atoms with Crippen molar-refractivity contribution in [2.75, 3.05) is 29.1 Å². The average Bonchev–Trinajstić information content (AvgIpc) is 3.12. The van der Waals surface area contributed by atoms with Crippen LogP contribution < -0.4 is 20.3 Å². The van der Waals surface area contributed by atoms with Crippen molar-refractivity contribution >= 4 is 34.7 Å². The van der Waals surface area contributed by atoms with Crippen molar-refractivity contribution in [3.63, 3.8) is 0 Å². The minimum atomic E-state index is -4.81. The highest BCUT2D eigenvalue weighted by Gasteiger charge is 2.31. The number of anilines is 3. The largest absolute Gasteiger partial charge is 0.573 e. The molecule has 33 heavy (non-hydrogen) atoms. The lowest BCUT2D eigenvalue weighted by Crippen LogP contribution is -2.36. The van der Waals surface area contributed by atoms with Gasteiger partial charge in [0, 0.05) is 18.1 Å². The molecule has 1 aliphatic heterocycles. The maximum Gasteiger partial charge on any atom is 0.573 e. The van der Waals surface area contributed by atoms with Crippen LogP contribution in [0.5, 0.6) is 5.75 Å². The summed E-state index contributed by atoms with van der Waals surface area (Å²) in [5.74, 6) is 0.110. The number of alkyl halides is 3. The average molecular weight is 482 g/mol. The van der Waals surface area contributed by atoms with E-state index in [2.05, 4.69) is 30.7 Å². The van der Waals surface area contributed by atoms with Crippen molar-refractivity contribution in [1.82, 2.24) is 20.0 Å². The number of hydrogen-bond donors (Lipinski definition) is 2. The molecule has 1 aliphatic rings. The summed E-state index contributed by atoms with van der Waals surface area (Å²) in [6, 6.07) is 5.69. The highest BCUT2D eigenvalue weighted by Crippen LogP contribution is 2.33. The zero-order valence-electron chi connectivity index (χ0n) is 17.6. The summed E-state index contributed by atoms with van der Waals surface area (Å²) in [5, 5.41) is 14.2. The van der Waals surface area contributed by atoms with Crippen LogP contribution in [0.2, 0.25) is 5.02 Å². The molecule has 0 fully saturated rings. The molecule has 1 amide bonds. The molecule has 0 spiro atoms. The van der Waals surface area contributed by atoms with Crippen molar-refractivity contribution in [2.45, 2.75) is 26.4 Å². The number of amides is 1. The van der Waals surface area contributed by atoms with Crippen molar-refractivity contribution < 1.29 is 22.7 Å². The van der Waals surface area contributed by atoms with Gasteiger partial charge in [-0.3, -0.25) is 4.79 Å². The van der Waals surface area contributed by atoms with Crippen molar-refractivity contribution in [1.29, 1.82) is 0 Å². The van der Waals surface area contributed by atoms with E-state index < -0.39 is 12.1 Å². The molecule has 0 radical (unpaired) electrons. The van der Waals surface area contributed by atoms with Crippen LogP contribution in [0, 0.1) is 6.92 Å². The van der Waals surface area contributed by atoms with Crippen LogP contribution in [-0.4, -0.2) is 45.8 Å². The predicted octanol–water partition coefficient (Wildman–Crippen LogP) is 3.58. The van der Waals surface area contributed by atoms with Gasteiger partial charge in [-0.25, -0.2) is 9.67 Å². The van der Waals surface area contributed by atoms with Crippen LogP contribution in [0.15, 0.2) is 30.5 Å². The molecule has 9 nitrogen and oxygen atoms in total. The fraction of sp³-hybridized carbons (Fsp3) is 0.300. The van der Waals surface area contributed by atoms with Crippen molar-refractivity contribution in [2.24, 2.45) is 0 Å². The maximum absolute atomic E-state index is 12.5. The normalized spacial score (nSPS) is 13.5. The number of halogens is 4. The van der Waals surface area contributed by atoms with E-state index in [1.807, 2.05) is 24.9 Å². The number of ether oxygens (including phenoxy) is 1. The van der Waals surface area contributed by atoms with E-state index >= 15 is 0 Å². The lowest BCUT2D eigenvalue weighted by Gasteiger charge is -2.28. The Morgan fingerprint density at radius 3 is 2.82 bits per heavy atom. The molecule has 2 N–H and O–H groups in total. The third kappa shape index (κ3) is 5.64. The fourth-order valence-corrected chi connectivity index (χ4v) is 3.70. The Bertz CT molecular complexity index is 1200. The molecule has 2 aromatic heterocycles. The third-order valence-electron chi connectivity index (χ3n) is 4.78. The summed E-state index contributed by atoms with van der Waals surface area (Å²) in [6.45, 7) is 2.53. The first-order chi connectivity index (χ1) is 15.6. The van der Waals surface area contributed by atoms with E-state index in [0.29, 0.717) is 35.0 Å². The van der Waals surface area contributed by atoms with Gasteiger partial charge in [-0.05, 0) is 30.7 Å². The number of aryl methyl sites for hydroxylation is 1. The summed E-state index contributed by atoms with van der Waals surface area (Å²) >= 11 is 5.91. The molecule has 0 aliphatic carbocycles. The predicted molar refractivity (Wildman–Crippen MR) is 115 cm³/mol. The maximum atomic E-state index is 12.5. The number of rotatable bonds is 6. The van der Waals surface area contributed by atoms with Crippen LogP contribution in [0.25, 0.3) is 0 Å². The highest BCUT2D eigenvalue weighted by molar-refractivity contribution is 6.30. The molecule has 0 saturated carbocycles. The smallest absolute Gasteiger partial charge is 0.406 e. The Morgan fingerprint density at radius 2 is 2.06 bits per heavy atom. The summed E-state index contributed by atoms with van der Waals surface area (Å²) in [5.41, 5.74) is 3.29. The van der Waals surface area contributed by atoms with Gasteiger partial charge in [0.2, 0.25) is 5.91 Å². The van der Waals surface area contributed by atoms with Crippen LogP contribution in [0.1, 0.15) is 17.0 Å². The van der Waals surface area contributed by atoms with E-state index in [0.717, 1.165) is 11.8 Å². The zero-order chi connectivity index (χ0) is 23.8. The summed E-state index contributed by atoms with van der Waals surface area (Å²) in [4.78, 5) is 18.0. The zero-order valence-corrected chi connectivity index (χ0v) is 18.3. The molecular weight excluding hydrogens is 463 g/mol. The van der Waals surface area contributed by atoms with E-state index in [4.69, 9.17) is 11.6 Å². The molecule has 0 bridgehead atoms. The Balaban J connectivity index is 1.43. The van der Waals surface area contributed by atoms with Gasteiger partial charge in [0.1, 0.15) is 17.3 Å². The SMILES string of the molecule is Cc1nc(NCc2cn(Cc3cc(Cl)cc(OC(F)(F)F)c3)nn2)cc2c1NC(=O)CN2C. The fourth-order valence-electron chi connectivity index (χ4n) is 3.45. The highest BCUT2D eigenvalue weighted by atomic mass is 35.5. The number of benzene rings is 1. The molecule has 0 atom stereocenters. The second-order valence-corrected chi connectivity index (χ2v) is 7.93. The molecule has 4 rings (SSSR count). The molecule has 0 unspecified atom stereocenters. The van der Waals surface area contributed by atoms with Gasteiger partial charge in [-0.1, -0.05) is 16.8 Å². The van der Waals surface area contributed by atoms with Crippen LogP contribution >= 0.6 is 11.6 Å². The monoisotopic (exact) mass is 481 g/mol. The van der Waals surface area contributed by atoms with E-state index in [1.165, 1.54) is 16.8 Å². The minimum Gasteiger partial charge on any atom is -0.406 e. The van der Waals surface area contributed by atoms with Gasteiger partial charge >= 0.3 is 6.36 Å². The summed E-state index contributed by atoms with van der Waals surface area (Å²) in [7, 11) is 1.83. The number of nitrogens with zero attached hydrogens (tertiary/aromatic N) is 5. The molecule has 0 saturated heterocycles. The van der Waals surface area contributed by atoms with Crippen LogP contribution in [0.3, 0.4) is 0 Å². The van der Waals surface area contributed by atoms with Gasteiger partial charge in [-0.2, -0.15) is 0 Å². The Kier molecular flexibility index (Phi) is 6.02. The van der Waals surface area contributed by atoms with E-state index in [-0.39, 0.29) is 24.0 Å². The minimum absolute atomic E-state index is 0.0935. The summed E-state index contributed by atoms with van der Waals surface area (Å²) in [6.07, 6.45) is -3.15. The first kappa shape index (κ1) is 22.6. The Morgan fingerprint density at radius 1 is 1.27 bits per heavy atom. The third-order valence-corrected chi connectivity index (χ3v) is 5.00. The standard InChI is InChI=1S/C20H19ClF3N7O2/c1-11-19-16(30(2)10-18(32)27-19)6-17(26-11)25-7-14-9-31(29-28-14)8-12-3-13(21)5-15(4-12)33-20(22,23)24/h3-6,9H,7-8,10H2,1-2H3,(H,25,26)(H,27,32). The van der Waals surface area contributed by atoms with Gasteiger partial charge in [0.05, 0.1) is 42.9 Å². The van der Waals surface area contributed by atoms with E-state index in [1.54, 1.807) is 6.20 Å². The summed E-state index contributed by atoms with van der Waals surface area (Å²) < 4.78 is 42.9. The molecule has 13 heteroatoms. The first-order valence-corrected chi connectivity index (χ1v) is 10.1. The molecular formula is C20H19ClF3N7O2. The second-order valence-electron chi connectivity index (χ2n) is 7.50. The number of pyridine rings is 1. The molecule has 1 aromatic carbocycles. The lowest BCUT2D eigenvalue weighted by molar-refractivity contribution is -0.274. The van der Waals surface area contributed by atoms with Gasteiger partial charge in [0.15, 0.2) is 0 Å². The van der Waals surface area contributed by atoms with Gasteiger partial charge < -0.3 is 20.3 Å². The lowest BCUT2D eigenvalue weighted by atomic mass is 10.2. The van der Waals surface area contributed by atoms with Gasteiger partial charge in [0.25, 0.3) is 0 Å². The number of nitrogens with one attached hydrogen (secondary N) is 2. The second kappa shape index (κ2) is 8.77. The topological polar surface area (TPSA) is 97.2 Å². The number of hydrogen-bond acceptors (Lipinski definition) is 7. The quantitative estimate of drug-likeness (QED) is 0.555. The number of carbonyl (C=O) groups is 1. The molecule has 3 aromatic rings. The van der Waals surface area contributed by atoms with E-state index in [9.17, 15) is 18.0 Å². The number of likely N-dealkylation sites (N-methyl/N-ethyl adjacent to an activating group) is 1. The number of aromatic nitrogens is 4. The molecule has 3 heterocycles. The van der Waals surface area contributed by atoms with Crippen molar-refractivity contribution in [3.05, 3.63) is 52.4 Å². The van der Waals surface area contributed by atoms with Crippen LogP contribution in [-0.2, 0) is 17.9 Å². The number of carbonyl (C=O) groups excluding carboxylic acids is 1. The molecule has 174 valence electrons. The van der Waals surface area contributed by atoms with Crippen molar-refractivity contribution in [3.8, 4) is 5.75 Å². The van der Waals surface area contributed by atoms with Crippen LogP contribution in [0.4, 0.5) is 30.4 Å². The first-order valence-electron chi connectivity index (χ1n) is 9.76. The number of fused-ring (bicyclic) bond motifs is 1. The Hall–Kier alpha value is -3.54. The van der Waals surface area contributed by atoms with Gasteiger partial charge in [-0.15, -0.1) is 18.3 Å². The Labute approximate surface area is 191 Å².